The number of benzene rings is 2. The fourth-order valence-corrected chi connectivity index (χ4v) is 4.54. The van der Waals surface area contributed by atoms with Crippen molar-refractivity contribution in [1.29, 1.82) is 5.26 Å². The minimum absolute atomic E-state index is 0.0911. The predicted octanol–water partition coefficient (Wildman–Crippen LogP) is 5.08. The number of amides is 1. The van der Waals surface area contributed by atoms with Gasteiger partial charge in [0.2, 0.25) is 0 Å². The Labute approximate surface area is 180 Å². The summed E-state index contributed by atoms with van der Waals surface area (Å²) < 4.78 is 5.33. The molecule has 0 radical (unpaired) electrons. The standard InChI is InChI=1S/C23H20Cl2N2O2/c1-14-16(11-17-10-15(13-26)2-3-18(14)17)12-20-21(24)5-4-19(22(20)25)23(28)27-6-8-29-9-7-27/h2-5,10-11,14H,6-9,12H2,1H3. The highest BCUT2D eigenvalue weighted by Crippen LogP contribution is 2.40. The number of fused-ring (bicyclic) bond motifs is 1. The number of hydrogen-bond acceptors (Lipinski definition) is 3. The first-order valence-corrected chi connectivity index (χ1v) is 10.3. The molecule has 0 saturated carbocycles. The van der Waals surface area contributed by atoms with Gasteiger partial charge >= 0.3 is 0 Å². The average Bonchev–Trinajstić information content (AvgIpc) is 3.06. The van der Waals surface area contributed by atoms with Crippen molar-refractivity contribution < 1.29 is 9.53 Å². The molecule has 4 rings (SSSR count). The third-order valence-electron chi connectivity index (χ3n) is 5.68. The number of ether oxygens (including phenoxy) is 1. The monoisotopic (exact) mass is 426 g/mol. The van der Waals surface area contributed by atoms with Crippen molar-refractivity contribution in [3.63, 3.8) is 0 Å². The number of nitriles is 1. The highest BCUT2D eigenvalue weighted by atomic mass is 35.5. The largest absolute Gasteiger partial charge is 0.378 e. The van der Waals surface area contributed by atoms with Crippen LogP contribution in [0.2, 0.25) is 10.0 Å². The second kappa shape index (κ2) is 8.20. The molecule has 1 aliphatic carbocycles. The number of hydrogen-bond donors (Lipinski definition) is 0. The molecule has 148 valence electrons. The van der Waals surface area contributed by atoms with Crippen LogP contribution in [0, 0.1) is 11.3 Å². The second-order valence-electron chi connectivity index (χ2n) is 7.37. The first-order valence-electron chi connectivity index (χ1n) is 9.58. The summed E-state index contributed by atoms with van der Waals surface area (Å²) in [5, 5.41) is 10.1. The SMILES string of the molecule is CC1C(Cc2c(Cl)ccc(C(=O)N3CCOCC3)c2Cl)=Cc2cc(C#N)ccc21. The Hall–Kier alpha value is -2.32. The van der Waals surface area contributed by atoms with Crippen LogP contribution >= 0.6 is 23.2 Å². The summed E-state index contributed by atoms with van der Waals surface area (Å²) in [5.41, 5.74) is 5.28. The minimum atomic E-state index is -0.0911. The first-order chi connectivity index (χ1) is 14.0. The fraction of sp³-hybridized carbons (Fsp3) is 0.304. The van der Waals surface area contributed by atoms with Gasteiger partial charge in [0.15, 0.2) is 0 Å². The van der Waals surface area contributed by atoms with Crippen LogP contribution in [0.4, 0.5) is 0 Å². The number of rotatable bonds is 3. The number of carbonyl (C=O) groups excluding carboxylic acids is 1. The van der Waals surface area contributed by atoms with E-state index in [4.69, 9.17) is 33.2 Å². The summed E-state index contributed by atoms with van der Waals surface area (Å²) in [7, 11) is 0. The highest BCUT2D eigenvalue weighted by molar-refractivity contribution is 6.38. The lowest BCUT2D eigenvalue weighted by Gasteiger charge is -2.27. The van der Waals surface area contributed by atoms with E-state index in [1.807, 2.05) is 18.2 Å². The molecule has 4 nitrogen and oxygen atoms in total. The molecule has 2 aliphatic rings. The summed E-state index contributed by atoms with van der Waals surface area (Å²) in [6, 6.07) is 11.4. The Bertz CT molecular complexity index is 1050. The molecule has 0 spiro atoms. The maximum Gasteiger partial charge on any atom is 0.255 e. The fourth-order valence-electron chi connectivity index (χ4n) is 3.96. The summed E-state index contributed by atoms with van der Waals surface area (Å²) in [6.07, 6.45) is 2.66. The van der Waals surface area contributed by atoms with Crippen LogP contribution in [0.5, 0.6) is 0 Å². The van der Waals surface area contributed by atoms with E-state index in [-0.39, 0.29) is 11.8 Å². The van der Waals surface area contributed by atoms with Crippen molar-refractivity contribution in [3.8, 4) is 6.07 Å². The summed E-state index contributed by atoms with van der Waals surface area (Å²) in [4.78, 5) is 14.7. The molecule has 2 aromatic carbocycles. The lowest BCUT2D eigenvalue weighted by Crippen LogP contribution is -2.40. The van der Waals surface area contributed by atoms with Gasteiger partial charge in [0.1, 0.15) is 0 Å². The molecule has 1 aliphatic heterocycles. The van der Waals surface area contributed by atoms with Gasteiger partial charge in [-0.1, -0.05) is 47.8 Å². The molecule has 0 bridgehead atoms. The van der Waals surface area contributed by atoms with Gasteiger partial charge < -0.3 is 9.64 Å². The van der Waals surface area contributed by atoms with E-state index in [1.165, 1.54) is 5.56 Å². The van der Waals surface area contributed by atoms with Crippen LogP contribution in [0.15, 0.2) is 35.9 Å². The number of carbonyl (C=O) groups is 1. The van der Waals surface area contributed by atoms with Crippen LogP contribution in [0.3, 0.4) is 0 Å². The zero-order chi connectivity index (χ0) is 20.5. The average molecular weight is 427 g/mol. The molecule has 1 fully saturated rings. The molecule has 0 aromatic heterocycles. The number of nitrogens with zero attached hydrogens (tertiary/aromatic N) is 2. The minimum Gasteiger partial charge on any atom is -0.378 e. The van der Waals surface area contributed by atoms with Gasteiger partial charge in [-0.05, 0) is 47.4 Å². The highest BCUT2D eigenvalue weighted by Gasteiger charge is 2.26. The second-order valence-corrected chi connectivity index (χ2v) is 8.15. The predicted molar refractivity (Wildman–Crippen MR) is 114 cm³/mol. The molecule has 1 saturated heterocycles. The summed E-state index contributed by atoms with van der Waals surface area (Å²) in [6.45, 7) is 4.33. The first kappa shape index (κ1) is 20.0. The van der Waals surface area contributed by atoms with Crippen molar-refractivity contribution in [2.75, 3.05) is 26.3 Å². The van der Waals surface area contributed by atoms with Crippen LogP contribution in [0.1, 0.15) is 45.5 Å². The maximum atomic E-state index is 12.9. The molecule has 1 amide bonds. The maximum absolute atomic E-state index is 12.9. The van der Waals surface area contributed by atoms with Crippen LogP contribution in [-0.2, 0) is 11.2 Å². The van der Waals surface area contributed by atoms with Crippen LogP contribution in [0.25, 0.3) is 6.08 Å². The Balaban J connectivity index is 1.64. The van der Waals surface area contributed by atoms with Gasteiger partial charge in [-0.15, -0.1) is 0 Å². The third-order valence-corrected chi connectivity index (χ3v) is 6.46. The van der Waals surface area contributed by atoms with Crippen molar-refractivity contribution in [3.05, 3.63) is 73.8 Å². The summed E-state index contributed by atoms with van der Waals surface area (Å²) >= 11 is 13.2. The zero-order valence-corrected chi connectivity index (χ0v) is 17.6. The van der Waals surface area contributed by atoms with E-state index in [2.05, 4.69) is 19.1 Å². The molecule has 1 heterocycles. The van der Waals surface area contributed by atoms with Crippen LogP contribution < -0.4 is 0 Å². The third kappa shape index (κ3) is 3.79. The Kier molecular flexibility index (Phi) is 5.65. The number of allylic oxidation sites excluding steroid dienone is 1. The molecule has 29 heavy (non-hydrogen) atoms. The van der Waals surface area contributed by atoms with E-state index in [0.29, 0.717) is 53.9 Å². The van der Waals surface area contributed by atoms with Crippen molar-refractivity contribution in [1.82, 2.24) is 4.90 Å². The van der Waals surface area contributed by atoms with Crippen molar-refractivity contribution in [2.45, 2.75) is 19.3 Å². The topological polar surface area (TPSA) is 53.3 Å². The quantitative estimate of drug-likeness (QED) is 0.687. The lowest BCUT2D eigenvalue weighted by molar-refractivity contribution is 0.0303. The van der Waals surface area contributed by atoms with Gasteiger partial charge in [0.05, 0.1) is 35.4 Å². The van der Waals surface area contributed by atoms with Crippen molar-refractivity contribution in [2.24, 2.45) is 0 Å². The smallest absolute Gasteiger partial charge is 0.255 e. The van der Waals surface area contributed by atoms with Gasteiger partial charge in [-0.2, -0.15) is 5.26 Å². The van der Waals surface area contributed by atoms with Gasteiger partial charge in [0.25, 0.3) is 5.91 Å². The number of morpholine rings is 1. The Morgan fingerprint density at radius 1 is 1.24 bits per heavy atom. The Morgan fingerprint density at radius 3 is 2.72 bits per heavy atom. The molecular formula is C23H20Cl2N2O2. The molecule has 0 N–H and O–H groups in total. The van der Waals surface area contributed by atoms with E-state index in [9.17, 15) is 4.79 Å². The van der Waals surface area contributed by atoms with Crippen molar-refractivity contribution >= 4 is 35.2 Å². The lowest BCUT2D eigenvalue weighted by atomic mass is 9.92. The molecule has 2 aromatic rings. The van der Waals surface area contributed by atoms with E-state index >= 15 is 0 Å². The van der Waals surface area contributed by atoms with E-state index in [1.54, 1.807) is 17.0 Å². The van der Waals surface area contributed by atoms with E-state index in [0.717, 1.165) is 16.7 Å². The number of halogens is 2. The zero-order valence-electron chi connectivity index (χ0n) is 16.0. The molecule has 1 unspecified atom stereocenters. The Morgan fingerprint density at radius 2 is 2.00 bits per heavy atom. The normalized spacial score (nSPS) is 18.2. The van der Waals surface area contributed by atoms with Gasteiger partial charge in [-0.3, -0.25) is 4.79 Å². The summed E-state index contributed by atoms with van der Waals surface area (Å²) in [5.74, 6) is 0.107. The molecular weight excluding hydrogens is 407 g/mol. The van der Waals surface area contributed by atoms with E-state index < -0.39 is 0 Å². The van der Waals surface area contributed by atoms with Gasteiger partial charge in [0, 0.05) is 24.0 Å². The molecule has 6 heteroatoms. The van der Waals surface area contributed by atoms with Crippen LogP contribution in [-0.4, -0.2) is 37.1 Å². The molecule has 1 atom stereocenters. The van der Waals surface area contributed by atoms with Gasteiger partial charge in [-0.25, -0.2) is 0 Å².